The zero-order chi connectivity index (χ0) is 9.26. The first-order valence-corrected chi connectivity index (χ1v) is 4.19. The molecule has 0 atom stereocenters. The van der Waals surface area contributed by atoms with Crippen molar-refractivity contribution in [1.82, 2.24) is 20.0 Å². The van der Waals surface area contributed by atoms with E-state index in [0.29, 0.717) is 23.0 Å². The quantitative estimate of drug-likeness (QED) is 0.727. The first kappa shape index (κ1) is 8.25. The fourth-order valence-corrected chi connectivity index (χ4v) is 1.24. The van der Waals surface area contributed by atoms with Crippen LogP contribution in [0, 0.1) is 0 Å². The molecule has 0 amide bonds. The van der Waals surface area contributed by atoms with Gasteiger partial charge >= 0.3 is 0 Å². The molecule has 2 aromatic heterocycles. The smallest absolute Gasteiger partial charge is 0.221 e. The van der Waals surface area contributed by atoms with Gasteiger partial charge in [0.2, 0.25) is 5.65 Å². The Balaban J connectivity index is 2.63. The highest BCUT2D eigenvalue weighted by Crippen LogP contribution is 2.21. The topological polar surface area (TPSA) is 52.3 Å². The number of rotatable bonds is 2. The summed E-state index contributed by atoms with van der Waals surface area (Å²) in [6, 6.07) is 1.69. The van der Waals surface area contributed by atoms with Crippen molar-refractivity contribution in [2.45, 2.75) is 6.92 Å². The zero-order valence-corrected chi connectivity index (χ0v) is 7.69. The maximum atomic E-state index is 5.82. The molecule has 2 aromatic rings. The number of hydrogen-bond acceptors (Lipinski definition) is 4. The lowest BCUT2D eigenvalue weighted by atomic mass is 10.4. The van der Waals surface area contributed by atoms with E-state index in [0.717, 1.165) is 0 Å². The normalized spacial score (nSPS) is 10.6. The van der Waals surface area contributed by atoms with Crippen LogP contribution in [-0.2, 0) is 0 Å². The van der Waals surface area contributed by atoms with E-state index < -0.39 is 0 Å². The van der Waals surface area contributed by atoms with Gasteiger partial charge in [-0.15, -0.1) is 5.10 Å². The van der Waals surface area contributed by atoms with Gasteiger partial charge in [-0.3, -0.25) is 0 Å². The van der Waals surface area contributed by atoms with E-state index >= 15 is 0 Å². The second-order valence-electron chi connectivity index (χ2n) is 2.40. The molecule has 68 valence electrons. The number of tetrazole rings is 1. The number of halogens is 1. The van der Waals surface area contributed by atoms with Crippen LogP contribution in [0.4, 0.5) is 0 Å². The molecule has 2 heterocycles. The predicted octanol–water partition coefficient (Wildman–Crippen LogP) is 1.18. The second kappa shape index (κ2) is 3.18. The summed E-state index contributed by atoms with van der Waals surface area (Å²) in [6.07, 6.45) is 1.62. The molecule has 0 N–H and O–H groups in total. The molecule has 2 rings (SSSR count). The minimum Gasteiger partial charge on any atom is -0.490 e. The van der Waals surface area contributed by atoms with Gasteiger partial charge in [0, 0.05) is 6.07 Å². The average Bonchev–Trinajstić information content (AvgIpc) is 2.52. The van der Waals surface area contributed by atoms with Gasteiger partial charge < -0.3 is 4.74 Å². The molecule has 0 bridgehead atoms. The number of nitrogens with zero attached hydrogens (tertiary/aromatic N) is 4. The van der Waals surface area contributed by atoms with Gasteiger partial charge in [0.15, 0.2) is 5.75 Å². The van der Waals surface area contributed by atoms with Crippen LogP contribution >= 0.6 is 11.6 Å². The maximum absolute atomic E-state index is 5.82. The van der Waals surface area contributed by atoms with E-state index in [1.54, 1.807) is 12.3 Å². The highest BCUT2D eigenvalue weighted by molar-refractivity contribution is 6.30. The number of pyridine rings is 1. The molecule has 0 aliphatic carbocycles. The standard InChI is InChI=1S/C7H7ClN4O/c1-2-13-6-3-5(8)4-12-7(6)9-10-11-12/h3-4H,2H2,1H3. The summed E-state index contributed by atoms with van der Waals surface area (Å²) in [5.41, 5.74) is 0.575. The van der Waals surface area contributed by atoms with Crippen LogP contribution in [0.25, 0.3) is 5.65 Å². The first-order chi connectivity index (χ1) is 6.31. The summed E-state index contributed by atoms with van der Waals surface area (Å²) in [5.74, 6) is 0.597. The first-order valence-electron chi connectivity index (χ1n) is 3.81. The van der Waals surface area contributed by atoms with Crippen LogP contribution in [0.3, 0.4) is 0 Å². The fraction of sp³-hybridized carbons (Fsp3) is 0.286. The highest BCUT2D eigenvalue weighted by Gasteiger charge is 2.06. The Bertz CT molecular complexity index is 427. The molecular weight excluding hydrogens is 192 g/mol. The van der Waals surface area contributed by atoms with Crippen LogP contribution in [0.5, 0.6) is 5.75 Å². The lowest BCUT2D eigenvalue weighted by molar-refractivity contribution is 0.342. The zero-order valence-electron chi connectivity index (χ0n) is 6.94. The summed E-state index contributed by atoms with van der Waals surface area (Å²) >= 11 is 5.82. The molecule has 0 unspecified atom stereocenters. The van der Waals surface area contributed by atoms with E-state index in [-0.39, 0.29) is 0 Å². The van der Waals surface area contributed by atoms with Crippen LogP contribution in [0.1, 0.15) is 6.92 Å². The Labute approximate surface area is 79.3 Å². The second-order valence-corrected chi connectivity index (χ2v) is 2.84. The largest absolute Gasteiger partial charge is 0.490 e. The SMILES string of the molecule is CCOc1cc(Cl)cn2nnnc12. The number of aromatic nitrogens is 4. The van der Waals surface area contributed by atoms with Crippen molar-refractivity contribution < 1.29 is 4.74 Å². The Morgan fingerprint density at radius 2 is 2.46 bits per heavy atom. The van der Waals surface area contributed by atoms with Gasteiger partial charge in [-0.1, -0.05) is 11.6 Å². The van der Waals surface area contributed by atoms with Gasteiger partial charge in [-0.25, -0.2) is 0 Å². The summed E-state index contributed by atoms with van der Waals surface area (Å²) in [6.45, 7) is 2.45. The Hall–Kier alpha value is -1.36. The maximum Gasteiger partial charge on any atom is 0.221 e. The predicted molar refractivity (Wildman–Crippen MR) is 47.0 cm³/mol. The highest BCUT2D eigenvalue weighted by atomic mass is 35.5. The number of ether oxygens (including phenoxy) is 1. The molecule has 0 saturated heterocycles. The van der Waals surface area contributed by atoms with E-state index in [2.05, 4.69) is 15.5 Å². The van der Waals surface area contributed by atoms with E-state index in [1.165, 1.54) is 4.52 Å². The number of fused-ring (bicyclic) bond motifs is 1. The van der Waals surface area contributed by atoms with Gasteiger partial charge in [0.1, 0.15) is 0 Å². The van der Waals surface area contributed by atoms with Crippen molar-refractivity contribution in [3.05, 3.63) is 17.3 Å². The molecule has 0 saturated carbocycles. The Morgan fingerprint density at radius 1 is 1.62 bits per heavy atom. The van der Waals surface area contributed by atoms with Gasteiger partial charge in [0.25, 0.3) is 0 Å². The third-order valence-corrected chi connectivity index (χ3v) is 1.73. The molecule has 0 fully saturated rings. The fourth-order valence-electron chi connectivity index (χ4n) is 1.05. The molecule has 13 heavy (non-hydrogen) atoms. The average molecular weight is 199 g/mol. The summed E-state index contributed by atoms with van der Waals surface area (Å²) in [5, 5.41) is 11.6. The molecule has 0 radical (unpaired) electrons. The molecule has 0 spiro atoms. The van der Waals surface area contributed by atoms with Gasteiger partial charge in [-0.05, 0) is 17.4 Å². The van der Waals surface area contributed by atoms with Gasteiger partial charge in [0.05, 0.1) is 17.8 Å². The minimum atomic E-state index is 0.545. The summed E-state index contributed by atoms with van der Waals surface area (Å²) in [7, 11) is 0. The lowest BCUT2D eigenvalue weighted by Crippen LogP contribution is -1.96. The van der Waals surface area contributed by atoms with Crippen LogP contribution in [0.15, 0.2) is 12.3 Å². The summed E-state index contributed by atoms with van der Waals surface area (Å²) < 4.78 is 6.79. The van der Waals surface area contributed by atoms with E-state index in [9.17, 15) is 0 Å². The molecular formula is C7H7ClN4O. The minimum absolute atomic E-state index is 0.545. The van der Waals surface area contributed by atoms with Crippen LogP contribution < -0.4 is 4.74 Å². The van der Waals surface area contributed by atoms with E-state index in [4.69, 9.17) is 16.3 Å². The van der Waals surface area contributed by atoms with Crippen molar-refractivity contribution in [3.63, 3.8) is 0 Å². The molecule has 6 heteroatoms. The summed E-state index contributed by atoms with van der Waals surface area (Å²) in [4.78, 5) is 0. The van der Waals surface area contributed by atoms with E-state index in [1.807, 2.05) is 6.92 Å². The monoisotopic (exact) mass is 198 g/mol. The van der Waals surface area contributed by atoms with Crippen molar-refractivity contribution in [3.8, 4) is 5.75 Å². The van der Waals surface area contributed by atoms with Gasteiger partial charge in [-0.2, -0.15) is 4.52 Å². The third-order valence-electron chi connectivity index (χ3n) is 1.53. The molecule has 0 aromatic carbocycles. The Morgan fingerprint density at radius 3 is 3.23 bits per heavy atom. The van der Waals surface area contributed by atoms with Crippen molar-refractivity contribution in [2.75, 3.05) is 6.61 Å². The lowest BCUT2D eigenvalue weighted by Gasteiger charge is -2.02. The number of hydrogen-bond donors (Lipinski definition) is 0. The Kier molecular flexibility index (Phi) is 2.02. The molecule has 5 nitrogen and oxygen atoms in total. The third kappa shape index (κ3) is 1.42. The van der Waals surface area contributed by atoms with Crippen LogP contribution in [-0.4, -0.2) is 26.6 Å². The van der Waals surface area contributed by atoms with Crippen LogP contribution in [0.2, 0.25) is 5.02 Å². The van der Waals surface area contributed by atoms with Crippen molar-refractivity contribution >= 4 is 17.2 Å². The molecule has 0 aliphatic rings. The van der Waals surface area contributed by atoms with Crippen molar-refractivity contribution in [2.24, 2.45) is 0 Å². The molecule has 0 aliphatic heterocycles. The van der Waals surface area contributed by atoms with Crippen molar-refractivity contribution in [1.29, 1.82) is 0 Å².